The van der Waals surface area contributed by atoms with Crippen LogP contribution in [-0.2, 0) is 11.2 Å². The predicted molar refractivity (Wildman–Crippen MR) is 130 cm³/mol. The van der Waals surface area contributed by atoms with Crippen LogP contribution in [0.1, 0.15) is 56.9 Å². The fourth-order valence-electron chi connectivity index (χ4n) is 5.45. The highest BCUT2D eigenvalue weighted by Crippen LogP contribution is 2.31. The Balaban J connectivity index is 1.15. The second-order valence-corrected chi connectivity index (χ2v) is 10.3. The molecule has 5 nitrogen and oxygen atoms in total. The Kier molecular flexibility index (Phi) is 8.07. The van der Waals surface area contributed by atoms with Gasteiger partial charge in [0.1, 0.15) is 0 Å². The van der Waals surface area contributed by atoms with E-state index in [0.717, 1.165) is 48.8 Å². The van der Waals surface area contributed by atoms with Crippen LogP contribution in [0.15, 0.2) is 24.3 Å². The Labute approximate surface area is 196 Å². The summed E-state index contributed by atoms with van der Waals surface area (Å²) in [4.78, 5) is 12.6. The third kappa shape index (κ3) is 6.33. The van der Waals surface area contributed by atoms with E-state index in [1.54, 1.807) is 0 Å². The van der Waals surface area contributed by atoms with Gasteiger partial charge in [-0.2, -0.15) is 0 Å². The first-order valence-corrected chi connectivity index (χ1v) is 12.7. The van der Waals surface area contributed by atoms with E-state index < -0.39 is 0 Å². The van der Waals surface area contributed by atoms with E-state index in [4.69, 9.17) is 23.8 Å². The SMILES string of the molecule is O=C(NCCc1ccc(Cl)cc1)C1CCC(CNC2NC(=S)NC3CCCCC32)CC1. The molecule has 1 saturated heterocycles. The highest BCUT2D eigenvalue weighted by Gasteiger charge is 2.36. The summed E-state index contributed by atoms with van der Waals surface area (Å²) in [5.74, 6) is 1.64. The Morgan fingerprint density at radius 1 is 1.03 bits per heavy atom. The average Bonchev–Trinajstić information content (AvgIpc) is 2.79. The Bertz CT molecular complexity index is 750. The van der Waals surface area contributed by atoms with Gasteiger partial charge in [-0.25, -0.2) is 0 Å². The van der Waals surface area contributed by atoms with Crippen LogP contribution in [0.25, 0.3) is 0 Å². The topological polar surface area (TPSA) is 65.2 Å². The summed E-state index contributed by atoms with van der Waals surface area (Å²) in [5, 5.41) is 15.4. The fraction of sp³-hybridized carbons (Fsp3) is 0.667. The predicted octanol–water partition coefficient (Wildman–Crippen LogP) is 3.76. The normalized spacial score (nSPS) is 30.6. The molecule has 3 fully saturated rings. The number of benzene rings is 1. The van der Waals surface area contributed by atoms with Crippen LogP contribution in [0.2, 0.25) is 5.02 Å². The van der Waals surface area contributed by atoms with Crippen molar-refractivity contribution in [2.75, 3.05) is 13.1 Å². The summed E-state index contributed by atoms with van der Waals surface area (Å²) in [5.41, 5.74) is 1.20. The van der Waals surface area contributed by atoms with Gasteiger partial charge in [-0.3, -0.25) is 10.1 Å². The largest absolute Gasteiger partial charge is 0.360 e. The number of carbonyl (C=O) groups is 1. The van der Waals surface area contributed by atoms with Crippen molar-refractivity contribution in [3.8, 4) is 0 Å². The zero-order valence-corrected chi connectivity index (χ0v) is 19.7. The molecule has 4 N–H and O–H groups in total. The van der Waals surface area contributed by atoms with E-state index in [0.29, 0.717) is 24.4 Å². The van der Waals surface area contributed by atoms with Gasteiger partial charge in [-0.15, -0.1) is 0 Å². The second-order valence-electron chi connectivity index (χ2n) is 9.44. The van der Waals surface area contributed by atoms with Crippen molar-refractivity contribution in [1.29, 1.82) is 0 Å². The maximum absolute atomic E-state index is 12.6. The average molecular weight is 463 g/mol. The molecule has 4 rings (SSSR count). The zero-order chi connectivity index (χ0) is 21.6. The quantitative estimate of drug-likeness (QED) is 0.465. The van der Waals surface area contributed by atoms with Gasteiger partial charge in [0.15, 0.2) is 5.11 Å². The number of rotatable bonds is 7. The molecule has 1 amide bonds. The molecule has 3 unspecified atom stereocenters. The van der Waals surface area contributed by atoms with Gasteiger partial charge in [0.2, 0.25) is 5.91 Å². The molecule has 0 aromatic heterocycles. The molecule has 2 saturated carbocycles. The highest BCUT2D eigenvalue weighted by molar-refractivity contribution is 7.80. The van der Waals surface area contributed by atoms with Crippen LogP contribution in [-0.4, -0.2) is 36.3 Å². The molecule has 0 bridgehead atoms. The molecule has 1 heterocycles. The van der Waals surface area contributed by atoms with E-state index in [1.165, 1.54) is 31.2 Å². The molecule has 7 heteroatoms. The van der Waals surface area contributed by atoms with Gasteiger partial charge in [0, 0.05) is 29.4 Å². The van der Waals surface area contributed by atoms with Crippen molar-refractivity contribution < 1.29 is 4.79 Å². The van der Waals surface area contributed by atoms with Gasteiger partial charge >= 0.3 is 0 Å². The smallest absolute Gasteiger partial charge is 0.223 e. The summed E-state index contributed by atoms with van der Waals surface area (Å²) in [6.07, 6.45) is 10.4. The van der Waals surface area contributed by atoms with E-state index >= 15 is 0 Å². The standard InChI is InChI=1S/C24H35ClN4OS/c25-19-11-7-16(8-12-19)13-14-26-23(30)18-9-5-17(6-10-18)15-27-22-20-3-1-2-4-21(20)28-24(31)29-22/h7-8,11-12,17-18,20-22,27H,1-6,9-10,13-15H2,(H,26,30)(H2,28,29,31). The zero-order valence-electron chi connectivity index (χ0n) is 18.2. The molecule has 2 aliphatic carbocycles. The van der Waals surface area contributed by atoms with Crippen LogP contribution in [0.3, 0.4) is 0 Å². The molecule has 3 aliphatic rings. The van der Waals surface area contributed by atoms with Gasteiger partial charge in [-0.1, -0.05) is 36.6 Å². The highest BCUT2D eigenvalue weighted by atomic mass is 35.5. The lowest BCUT2D eigenvalue weighted by Gasteiger charge is -2.44. The van der Waals surface area contributed by atoms with Crippen LogP contribution >= 0.6 is 23.8 Å². The number of amides is 1. The first-order chi connectivity index (χ1) is 15.1. The molecule has 31 heavy (non-hydrogen) atoms. The number of nitrogens with one attached hydrogen (secondary N) is 4. The number of hydrogen-bond donors (Lipinski definition) is 4. The molecule has 0 spiro atoms. The minimum atomic E-state index is 0.161. The van der Waals surface area contributed by atoms with E-state index in [2.05, 4.69) is 21.3 Å². The van der Waals surface area contributed by atoms with Crippen molar-refractivity contribution in [3.63, 3.8) is 0 Å². The fourth-order valence-corrected chi connectivity index (χ4v) is 5.85. The second kappa shape index (κ2) is 11.0. The minimum Gasteiger partial charge on any atom is -0.360 e. The van der Waals surface area contributed by atoms with E-state index in [-0.39, 0.29) is 18.0 Å². The number of fused-ring (bicyclic) bond motifs is 1. The third-order valence-electron chi connectivity index (χ3n) is 7.32. The number of thiocarbonyl (C=S) groups is 1. The summed E-state index contributed by atoms with van der Waals surface area (Å²) >= 11 is 11.4. The van der Waals surface area contributed by atoms with Crippen molar-refractivity contribution in [3.05, 3.63) is 34.9 Å². The van der Waals surface area contributed by atoms with E-state index in [1.807, 2.05) is 24.3 Å². The first-order valence-electron chi connectivity index (χ1n) is 11.9. The molecular weight excluding hydrogens is 428 g/mol. The molecule has 170 valence electrons. The molecule has 0 radical (unpaired) electrons. The maximum atomic E-state index is 12.6. The summed E-state index contributed by atoms with van der Waals surface area (Å²) < 4.78 is 0. The first kappa shape index (κ1) is 22.8. The van der Waals surface area contributed by atoms with Crippen molar-refractivity contribution >= 4 is 34.8 Å². The third-order valence-corrected chi connectivity index (χ3v) is 7.81. The lowest BCUT2D eigenvalue weighted by atomic mass is 9.80. The maximum Gasteiger partial charge on any atom is 0.223 e. The van der Waals surface area contributed by atoms with Crippen LogP contribution in [0.5, 0.6) is 0 Å². The lowest BCUT2D eigenvalue weighted by Crippen LogP contribution is -2.65. The van der Waals surface area contributed by atoms with Crippen molar-refractivity contribution in [2.24, 2.45) is 17.8 Å². The molecule has 3 atom stereocenters. The minimum absolute atomic E-state index is 0.161. The van der Waals surface area contributed by atoms with Gasteiger partial charge < -0.3 is 16.0 Å². The summed E-state index contributed by atoms with van der Waals surface area (Å²) in [6.45, 7) is 1.69. The van der Waals surface area contributed by atoms with E-state index in [9.17, 15) is 4.79 Å². The Hall–Kier alpha value is -1.37. The molecule has 1 aliphatic heterocycles. The van der Waals surface area contributed by atoms with Crippen molar-refractivity contribution in [2.45, 2.75) is 70.0 Å². The van der Waals surface area contributed by atoms with Crippen LogP contribution < -0.4 is 21.3 Å². The number of halogens is 1. The monoisotopic (exact) mass is 462 g/mol. The Morgan fingerprint density at radius 3 is 2.55 bits per heavy atom. The van der Waals surface area contributed by atoms with Gasteiger partial charge in [0.05, 0.1) is 6.17 Å². The Morgan fingerprint density at radius 2 is 1.77 bits per heavy atom. The lowest BCUT2D eigenvalue weighted by molar-refractivity contribution is -0.126. The molecule has 1 aromatic carbocycles. The van der Waals surface area contributed by atoms with Gasteiger partial charge in [0.25, 0.3) is 0 Å². The molecule has 1 aromatic rings. The summed E-state index contributed by atoms with van der Waals surface area (Å²) in [7, 11) is 0. The van der Waals surface area contributed by atoms with Crippen LogP contribution in [0.4, 0.5) is 0 Å². The number of carbonyl (C=O) groups excluding carboxylic acids is 1. The van der Waals surface area contributed by atoms with Gasteiger partial charge in [-0.05, 0) is 87.3 Å². The number of hydrogen-bond acceptors (Lipinski definition) is 3. The van der Waals surface area contributed by atoms with Crippen LogP contribution in [0, 0.1) is 17.8 Å². The van der Waals surface area contributed by atoms with Crippen molar-refractivity contribution in [1.82, 2.24) is 21.3 Å². The summed E-state index contributed by atoms with van der Waals surface area (Å²) in [6, 6.07) is 8.36. The molecular formula is C24H35ClN4OS.